The van der Waals surface area contributed by atoms with Gasteiger partial charge in [0.2, 0.25) is 0 Å². The van der Waals surface area contributed by atoms with Crippen LogP contribution in [-0.2, 0) is 9.53 Å². The number of carboxylic acids is 1. The van der Waals surface area contributed by atoms with Crippen LogP contribution < -0.4 is 0 Å². The van der Waals surface area contributed by atoms with Gasteiger partial charge in [-0.05, 0) is 32.2 Å². The lowest BCUT2D eigenvalue weighted by atomic mass is 9.94. The van der Waals surface area contributed by atoms with Crippen LogP contribution in [-0.4, -0.2) is 132 Å². The maximum atomic E-state index is 11.9. The predicted octanol–water partition coefficient (Wildman–Crippen LogP) is 1.98. The highest BCUT2D eigenvalue weighted by molar-refractivity contribution is 5.69. The van der Waals surface area contributed by atoms with Crippen molar-refractivity contribution in [1.82, 2.24) is 24.5 Å². The number of piperazine rings is 2. The molecule has 3 saturated heterocycles. The van der Waals surface area contributed by atoms with Gasteiger partial charge in [-0.1, -0.05) is 25.7 Å². The third-order valence-electron chi connectivity index (χ3n) is 8.36. The number of carbonyl (C=O) groups excluding carboxylic acids is 1. The van der Waals surface area contributed by atoms with Gasteiger partial charge in [0, 0.05) is 71.5 Å². The Morgan fingerprint density at radius 2 is 1.68 bits per heavy atom. The molecule has 9 nitrogen and oxygen atoms in total. The molecule has 1 amide bonds. The number of unbranched alkanes of at least 4 members (excludes halogenated alkanes) is 1. The van der Waals surface area contributed by atoms with Gasteiger partial charge in [-0.3, -0.25) is 19.5 Å². The Labute approximate surface area is 205 Å². The van der Waals surface area contributed by atoms with E-state index in [9.17, 15) is 9.59 Å². The molecule has 1 N–H and O–H groups in total. The Hall–Kier alpha value is -1.42. The Kier molecular flexibility index (Phi) is 9.45. The van der Waals surface area contributed by atoms with Crippen LogP contribution in [0.3, 0.4) is 0 Å². The topological polar surface area (TPSA) is 79.8 Å². The molecule has 0 aromatic rings. The van der Waals surface area contributed by atoms with Crippen molar-refractivity contribution in [2.45, 2.75) is 76.1 Å². The van der Waals surface area contributed by atoms with E-state index in [0.29, 0.717) is 19.1 Å². The van der Waals surface area contributed by atoms with Crippen LogP contribution in [0.25, 0.3) is 0 Å². The van der Waals surface area contributed by atoms with E-state index in [1.54, 1.807) is 11.9 Å². The van der Waals surface area contributed by atoms with Gasteiger partial charge in [-0.2, -0.15) is 0 Å². The van der Waals surface area contributed by atoms with Crippen LogP contribution in [0.1, 0.15) is 57.8 Å². The fraction of sp³-hybridized carbons (Fsp3) is 0.920. The first-order valence-corrected chi connectivity index (χ1v) is 13.6. The molecule has 0 spiro atoms. The summed E-state index contributed by atoms with van der Waals surface area (Å²) in [4.78, 5) is 34.6. The molecule has 3 aliphatic heterocycles. The molecule has 9 heteroatoms. The van der Waals surface area contributed by atoms with Gasteiger partial charge < -0.3 is 19.6 Å². The maximum absolute atomic E-state index is 11.9. The van der Waals surface area contributed by atoms with E-state index in [-0.39, 0.29) is 18.7 Å². The molecule has 0 aromatic heterocycles. The lowest BCUT2D eigenvalue weighted by molar-refractivity contribution is -0.137. The van der Waals surface area contributed by atoms with Crippen LogP contribution in [0.2, 0.25) is 0 Å². The number of ether oxygens (including phenoxy) is 1. The summed E-state index contributed by atoms with van der Waals surface area (Å²) in [5.74, 6) is -0.742. The summed E-state index contributed by atoms with van der Waals surface area (Å²) in [7, 11) is 1.79. The molecule has 4 fully saturated rings. The third-order valence-corrected chi connectivity index (χ3v) is 8.36. The molecule has 1 saturated carbocycles. The fourth-order valence-electron chi connectivity index (χ4n) is 6.27. The van der Waals surface area contributed by atoms with Crippen molar-refractivity contribution in [2.24, 2.45) is 0 Å². The van der Waals surface area contributed by atoms with E-state index >= 15 is 0 Å². The molecule has 3 heterocycles. The van der Waals surface area contributed by atoms with Gasteiger partial charge in [0.15, 0.2) is 6.23 Å². The highest BCUT2D eigenvalue weighted by Crippen LogP contribution is 2.25. The SMILES string of the molecule is CN1CC(N2CCN(CCC(=O)O)CC2CCCCN2CCN(C3CCCCC3)CC2)OC1=O. The number of amides is 1. The Morgan fingerprint density at radius 1 is 0.941 bits per heavy atom. The summed E-state index contributed by atoms with van der Waals surface area (Å²) in [5, 5.41) is 9.07. The Balaban J connectivity index is 1.20. The molecule has 0 aromatic carbocycles. The first-order chi connectivity index (χ1) is 16.5. The largest absolute Gasteiger partial charge is 0.481 e. The summed E-state index contributed by atoms with van der Waals surface area (Å²) >= 11 is 0. The van der Waals surface area contributed by atoms with Crippen LogP contribution in [0.15, 0.2) is 0 Å². The van der Waals surface area contributed by atoms with Crippen molar-refractivity contribution in [1.29, 1.82) is 0 Å². The van der Waals surface area contributed by atoms with E-state index in [4.69, 9.17) is 9.84 Å². The van der Waals surface area contributed by atoms with Crippen molar-refractivity contribution in [3.8, 4) is 0 Å². The standard InChI is InChI=1S/C25H45N5O4/c1-26-20-23(34-25(26)33)30-18-15-28(12-10-24(31)32)19-22(30)9-5-6-11-27-13-16-29(17-14-27)21-7-3-2-4-8-21/h21-23H,2-20H2,1H3,(H,31,32). The van der Waals surface area contributed by atoms with E-state index in [1.807, 2.05) is 0 Å². The van der Waals surface area contributed by atoms with E-state index in [1.165, 1.54) is 64.7 Å². The minimum absolute atomic E-state index is 0.181. The van der Waals surface area contributed by atoms with E-state index in [2.05, 4.69) is 19.6 Å². The van der Waals surface area contributed by atoms with Gasteiger partial charge in [0.25, 0.3) is 0 Å². The van der Waals surface area contributed by atoms with Gasteiger partial charge in [0.05, 0.1) is 13.0 Å². The molecular weight excluding hydrogens is 434 g/mol. The first-order valence-electron chi connectivity index (χ1n) is 13.6. The third kappa shape index (κ3) is 7.06. The number of hydrogen-bond acceptors (Lipinski definition) is 7. The minimum Gasteiger partial charge on any atom is -0.481 e. The highest BCUT2D eigenvalue weighted by atomic mass is 16.6. The number of aliphatic carboxylic acids is 1. The van der Waals surface area contributed by atoms with Crippen molar-refractivity contribution in [2.75, 3.05) is 72.5 Å². The molecule has 0 bridgehead atoms. The summed E-state index contributed by atoms with van der Waals surface area (Å²) in [6.07, 6.45) is 10.2. The second-order valence-electron chi connectivity index (χ2n) is 10.7. The van der Waals surface area contributed by atoms with Crippen LogP contribution >= 0.6 is 0 Å². The highest BCUT2D eigenvalue weighted by Gasteiger charge is 2.39. The van der Waals surface area contributed by atoms with E-state index in [0.717, 1.165) is 45.1 Å². The van der Waals surface area contributed by atoms with Gasteiger partial charge in [0.1, 0.15) is 0 Å². The monoisotopic (exact) mass is 479 g/mol. The van der Waals surface area contributed by atoms with Crippen molar-refractivity contribution in [3.63, 3.8) is 0 Å². The minimum atomic E-state index is -0.742. The number of carbonyl (C=O) groups is 2. The fourth-order valence-corrected chi connectivity index (χ4v) is 6.27. The average molecular weight is 480 g/mol. The molecule has 0 radical (unpaired) electrons. The second kappa shape index (κ2) is 12.5. The number of likely N-dealkylation sites (N-methyl/N-ethyl adjacent to an activating group) is 1. The Bertz CT molecular complexity index is 666. The molecule has 1 aliphatic carbocycles. The molecule has 2 unspecified atom stereocenters. The summed E-state index contributed by atoms with van der Waals surface area (Å²) in [6.45, 7) is 9.69. The predicted molar refractivity (Wildman–Crippen MR) is 131 cm³/mol. The molecular formula is C25H45N5O4. The van der Waals surface area contributed by atoms with Crippen LogP contribution in [0.5, 0.6) is 0 Å². The quantitative estimate of drug-likeness (QED) is 0.477. The molecule has 2 atom stereocenters. The Morgan fingerprint density at radius 3 is 2.35 bits per heavy atom. The van der Waals surface area contributed by atoms with Crippen molar-refractivity contribution >= 4 is 12.1 Å². The van der Waals surface area contributed by atoms with E-state index < -0.39 is 5.97 Å². The smallest absolute Gasteiger partial charge is 0.411 e. The molecule has 4 rings (SSSR count). The van der Waals surface area contributed by atoms with Gasteiger partial charge in [-0.25, -0.2) is 4.79 Å². The average Bonchev–Trinajstić information content (AvgIpc) is 3.19. The zero-order valence-corrected chi connectivity index (χ0v) is 21.1. The number of cyclic esters (lactones) is 1. The van der Waals surface area contributed by atoms with Gasteiger partial charge in [-0.15, -0.1) is 0 Å². The number of carboxylic acid groups (broad SMARTS) is 1. The lowest BCUT2D eigenvalue weighted by Gasteiger charge is -2.43. The maximum Gasteiger partial charge on any atom is 0.411 e. The van der Waals surface area contributed by atoms with Crippen LogP contribution in [0.4, 0.5) is 4.79 Å². The lowest BCUT2D eigenvalue weighted by Crippen LogP contribution is -2.57. The zero-order chi connectivity index (χ0) is 23.9. The van der Waals surface area contributed by atoms with Crippen molar-refractivity contribution < 1.29 is 19.4 Å². The number of nitrogens with zero attached hydrogens (tertiary/aromatic N) is 5. The normalized spacial score (nSPS) is 29.0. The second-order valence-corrected chi connectivity index (χ2v) is 10.7. The number of rotatable bonds is 10. The molecule has 194 valence electrons. The zero-order valence-electron chi connectivity index (χ0n) is 21.1. The summed E-state index contributed by atoms with van der Waals surface area (Å²) < 4.78 is 5.63. The van der Waals surface area contributed by atoms with Crippen LogP contribution in [0, 0.1) is 0 Å². The first kappa shape index (κ1) is 25.7. The van der Waals surface area contributed by atoms with Crippen molar-refractivity contribution in [3.05, 3.63) is 0 Å². The summed E-state index contributed by atoms with van der Waals surface area (Å²) in [6, 6.07) is 1.14. The number of hydrogen-bond donors (Lipinski definition) is 1. The van der Waals surface area contributed by atoms with Gasteiger partial charge >= 0.3 is 12.1 Å². The summed E-state index contributed by atoms with van der Waals surface area (Å²) in [5.41, 5.74) is 0. The molecule has 4 aliphatic rings. The molecule has 34 heavy (non-hydrogen) atoms.